The third-order valence-electron chi connectivity index (χ3n) is 2.37. The Kier molecular flexibility index (Phi) is 2.93. The summed E-state index contributed by atoms with van der Waals surface area (Å²) in [7, 11) is -2.77. The lowest BCUT2D eigenvalue weighted by Gasteiger charge is -2.06. The van der Waals surface area contributed by atoms with Gasteiger partial charge in [0.25, 0.3) is 0 Å². The molecule has 0 bridgehead atoms. The van der Waals surface area contributed by atoms with E-state index < -0.39 is 9.84 Å². The molecular formula is C10H13NO2S2. The predicted molar refractivity (Wildman–Crippen MR) is 63.8 cm³/mol. The molecule has 2 rings (SSSR count). The quantitative estimate of drug-likeness (QED) is 0.801. The summed E-state index contributed by atoms with van der Waals surface area (Å²) in [5, 5.41) is 0.207. The predicted octanol–water partition coefficient (Wildman–Crippen LogP) is 1.55. The van der Waals surface area contributed by atoms with E-state index in [1.54, 1.807) is 11.8 Å². The van der Waals surface area contributed by atoms with Gasteiger partial charge in [-0.2, -0.15) is 0 Å². The highest BCUT2D eigenvalue weighted by atomic mass is 32.2. The molecule has 1 atom stereocenters. The van der Waals surface area contributed by atoms with Gasteiger partial charge in [-0.15, -0.1) is 11.8 Å². The van der Waals surface area contributed by atoms with Gasteiger partial charge in [-0.3, -0.25) is 0 Å². The number of hydrogen-bond acceptors (Lipinski definition) is 4. The van der Waals surface area contributed by atoms with E-state index in [1.807, 2.05) is 24.3 Å². The van der Waals surface area contributed by atoms with E-state index in [4.69, 9.17) is 5.73 Å². The smallest absolute Gasteiger partial charge is 0.151 e. The van der Waals surface area contributed by atoms with Crippen molar-refractivity contribution in [3.8, 4) is 0 Å². The SMILES string of the molecule is Nc1ccc(SC2CCS(=O)(=O)C2)cc1. The van der Waals surface area contributed by atoms with Crippen molar-refractivity contribution in [1.29, 1.82) is 0 Å². The minimum absolute atomic E-state index is 0.207. The Balaban J connectivity index is 2.02. The maximum Gasteiger partial charge on any atom is 0.151 e. The summed E-state index contributed by atoms with van der Waals surface area (Å²) in [5.74, 6) is 0.641. The number of thioether (sulfide) groups is 1. The number of benzene rings is 1. The molecule has 1 aliphatic rings. The molecule has 1 fully saturated rings. The van der Waals surface area contributed by atoms with Crippen molar-refractivity contribution >= 4 is 27.3 Å². The standard InChI is InChI=1S/C10H13NO2S2/c11-8-1-3-9(4-2-8)14-10-5-6-15(12,13)7-10/h1-4,10H,5-7,11H2. The number of hydrogen-bond donors (Lipinski definition) is 1. The summed E-state index contributed by atoms with van der Waals surface area (Å²) < 4.78 is 22.5. The second kappa shape index (κ2) is 4.06. The molecule has 2 N–H and O–H groups in total. The first-order valence-corrected chi connectivity index (χ1v) is 7.48. The van der Waals surface area contributed by atoms with Crippen LogP contribution >= 0.6 is 11.8 Å². The lowest BCUT2D eigenvalue weighted by atomic mass is 10.3. The van der Waals surface area contributed by atoms with Crippen molar-refractivity contribution in [2.75, 3.05) is 17.2 Å². The van der Waals surface area contributed by atoms with E-state index in [0.29, 0.717) is 11.5 Å². The zero-order valence-electron chi connectivity index (χ0n) is 8.22. The van der Waals surface area contributed by atoms with Crippen LogP contribution in [0.4, 0.5) is 5.69 Å². The normalized spacial score (nSPS) is 24.1. The molecule has 1 heterocycles. The highest BCUT2D eigenvalue weighted by molar-refractivity contribution is 8.01. The molecule has 1 saturated heterocycles. The zero-order valence-corrected chi connectivity index (χ0v) is 9.85. The molecule has 1 aliphatic heterocycles. The first-order chi connectivity index (χ1) is 7.05. The number of rotatable bonds is 2. The molecule has 0 saturated carbocycles. The van der Waals surface area contributed by atoms with Gasteiger partial charge in [0.2, 0.25) is 0 Å². The molecule has 82 valence electrons. The van der Waals surface area contributed by atoms with Crippen LogP contribution in [-0.4, -0.2) is 25.2 Å². The van der Waals surface area contributed by atoms with Crippen LogP contribution in [0, 0.1) is 0 Å². The van der Waals surface area contributed by atoms with Crippen molar-refractivity contribution in [1.82, 2.24) is 0 Å². The summed E-state index contributed by atoms with van der Waals surface area (Å²) in [6, 6.07) is 7.55. The van der Waals surface area contributed by atoms with Gasteiger partial charge in [0.05, 0.1) is 11.5 Å². The van der Waals surface area contributed by atoms with Gasteiger partial charge in [-0.1, -0.05) is 0 Å². The highest BCUT2D eigenvalue weighted by Crippen LogP contribution is 2.31. The van der Waals surface area contributed by atoms with Crippen molar-refractivity contribution < 1.29 is 8.42 Å². The average Bonchev–Trinajstić information content (AvgIpc) is 2.50. The van der Waals surface area contributed by atoms with Crippen LogP contribution in [0.25, 0.3) is 0 Å². The largest absolute Gasteiger partial charge is 0.399 e. The van der Waals surface area contributed by atoms with E-state index in [-0.39, 0.29) is 5.25 Å². The molecule has 3 nitrogen and oxygen atoms in total. The third kappa shape index (κ3) is 2.89. The van der Waals surface area contributed by atoms with E-state index in [2.05, 4.69) is 0 Å². The van der Waals surface area contributed by atoms with Crippen molar-refractivity contribution in [3.05, 3.63) is 24.3 Å². The first-order valence-electron chi connectivity index (χ1n) is 4.78. The Morgan fingerprint density at radius 1 is 1.27 bits per heavy atom. The molecule has 0 aromatic heterocycles. The van der Waals surface area contributed by atoms with Crippen LogP contribution in [0.2, 0.25) is 0 Å². The second-order valence-electron chi connectivity index (χ2n) is 3.71. The number of nitrogen functional groups attached to an aromatic ring is 1. The summed E-state index contributed by atoms with van der Waals surface area (Å²) >= 11 is 1.63. The van der Waals surface area contributed by atoms with Crippen LogP contribution in [0.1, 0.15) is 6.42 Å². The van der Waals surface area contributed by atoms with Gasteiger partial charge < -0.3 is 5.73 Å². The summed E-state index contributed by atoms with van der Waals surface area (Å²) in [6.07, 6.45) is 0.761. The molecule has 0 aliphatic carbocycles. The van der Waals surface area contributed by atoms with Crippen LogP contribution in [0.15, 0.2) is 29.2 Å². The number of anilines is 1. The van der Waals surface area contributed by atoms with Crippen molar-refractivity contribution in [2.24, 2.45) is 0 Å². The molecule has 1 unspecified atom stereocenters. The molecular weight excluding hydrogens is 230 g/mol. The Morgan fingerprint density at radius 2 is 1.93 bits per heavy atom. The zero-order chi connectivity index (χ0) is 10.9. The van der Waals surface area contributed by atoms with Gasteiger partial charge in [0.15, 0.2) is 9.84 Å². The Bertz CT molecular complexity index is 439. The van der Waals surface area contributed by atoms with E-state index in [1.165, 1.54) is 0 Å². The molecule has 1 aromatic rings. The lowest BCUT2D eigenvalue weighted by Crippen LogP contribution is -2.05. The molecule has 0 spiro atoms. The van der Waals surface area contributed by atoms with E-state index in [0.717, 1.165) is 17.0 Å². The summed E-state index contributed by atoms with van der Waals surface area (Å²) in [4.78, 5) is 1.09. The molecule has 0 radical (unpaired) electrons. The summed E-state index contributed by atoms with van der Waals surface area (Å²) in [5.41, 5.74) is 6.31. The molecule has 15 heavy (non-hydrogen) atoms. The van der Waals surface area contributed by atoms with Crippen LogP contribution in [-0.2, 0) is 9.84 Å². The van der Waals surface area contributed by atoms with Gasteiger partial charge in [-0.05, 0) is 30.7 Å². The summed E-state index contributed by atoms with van der Waals surface area (Å²) in [6.45, 7) is 0. The molecule has 5 heteroatoms. The van der Waals surface area contributed by atoms with Crippen molar-refractivity contribution in [3.63, 3.8) is 0 Å². The van der Waals surface area contributed by atoms with Crippen LogP contribution in [0.5, 0.6) is 0 Å². The third-order valence-corrected chi connectivity index (χ3v) is 5.63. The molecule has 0 amide bonds. The Morgan fingerprint density at radius 3 is 2.47 bits per heavy atom. The fraction of sp³-hybridized carbons (Fsp3) is 0.400. The fourth-order valence-corrected chi connectivity index (χ4v) is 5.09. The van der Waals surface area contributed by atoms with Gasteiger partial charge in [0.1, 0.15) is 0 Å². The van der Waals surface area contributed by atoms with Crippen molar-refractivity contribution in [2.45, 2.75) is 16.6 Å². The first kappa shape index (κ1) is 10.8. The number of sulfone groups is 1. The highest BCUT2D eigenvalue weighted by Gasteiger charge is 2.28. The van der Waals surface area contributed by atoms with E-state index >= 15 is 0 Å². The lowest BCUT2D eigenvalue weighted by molar-refractivity contribution is 0.602. The Hall–Kier alpha value is -0.680. The number of nitrogens with two attached hydrogens (primary N) is 1. The van der Waals surface area contributed by atoms with Crippen LogP contribution < -0.4 is 5.73 Å². The fourth-order valence-electron chi connectivity index (χ4n) is 1.59. The maximum absolute atomic E-state index is 11.3. The van der Waals surface area contributed by atoms with Crippen LogP contribution in [0.3, 0.4) is 0 Å². The Labute approximate surface area is 94.0 Å². The van der Waals surface area contributed by atoms with Gasteiger partial charge in [-0.25, -0.2) is 8.42 Å². The van der Waals surface area contributed by atoms with E-state index in [9.17, 15) is 8.42 Å². The second-order valence-corrected chi connectivity index (χ2v) is 7.31. The molecule has 1 aromatic carbocycles. The minimum Gasteiger partial charge on any atom is -0.399 e. The monoisotopic (exact) mass is 243 g/mol. The maximum atomic E-state index is 11.3. The van der Waals surface area contributed by atoms with Gasteiger partial charge in [0, 0.05) is 15.8 Å². The topological polar surface area (TPSA) is 60.2 Å². The average molecular weight is 243 g/mol. The minimum atomic E-state index is -2.77. The van der Waals surface area contributed by atoms with Gasteiger partial charge >= 0.3 is 0 Å².